The van der Waals surface area contributed by atoms with Crippen molar-refractivity contribution >= 4 is 34.4 Å². The van der Waals surface area contributed by atoms with Crippen LogP contribution in [0.5, 0.6) is 0 Å². The summed E-state index contributed by atoms with van der Waals surface area (Å²) in [6, 6.07) is 28.2. The number of likely N-dealkylation sites (tertiary alicyclic amines) is 1. The van der Waals surface area contributed by atoms with Crippen molar-refractivity contribution in [3.8, 4) is 22.4 Å². The molecule has 47 heavy (non-hydrogen) atoms. The molecule has 0 spiro atoms. The van der Waals surface area contributed by atoms with Crippen LogP contribution >= 0.6 is 0 Å². The second kappa shape index (κ2) is 12.0. The molecule has 2 aliphatic heterocycles. The molecule has 10 heteroatoms. The van der Waals surface area contributed by atoms with Gasteiger partial charge in [0, 0.05) is 59.7 Å². The number of anilines is 1. The van der Waals surface area contributed by atoms with Gasteiger partial charge in [-0.15, -0.1) is 0 Å². The number of carbonyl (C=O) groups is 2. The number of carbonyl (C=O) groups excluding carboxylic acids is 2. The third kappa shape index (κ3) is 5.79. The number of ether oxygens (including phenoxy) is 2. The minimum absolute atomic E-state index is 0.163. The number of hydrogen-bond donors (Lipinski definition) is 1. The zero-order chi connectivity index (χ0) is 31.9. The molecular weight excluding hydrogens is 592 g/mol. The van der Waals surface area contributed by atoms with Gasteiger partial charge in [-0.05, 0) is 49.1 Å². The number of amides is 1. The van der Waals surface area contributed by atoms with Gasteiger partial charge in [0.25, 0.3) is 0 Å². The van der Waals surface area contributed by atoms with E-state index in [2.05, 4.69) is 62.8 Å². The van der Waals surface area contributed by atoms with Crippen LogP contribution in [0.2, 0.25) is 0 Å². The lowest BCUT2D eigenvalue weighted by molar-refractivity contribution is 0.0533. The third-order valence-corrected chi connectivity index (χ3v) is 8.84. The molecule has 3 aromatic heterocycles. The van der Waals surface area contributed by atoms with Crippen LogP contribution < -0.4 is 5.32 Å². The number of aromatic nitrogens is 4. The highest BCUT2D eigenvalue weighted by Gasteiger charge is 2.24. The monoisotopic (exact) mass is 624 g/mol. The Balaban J connectivity index is 0.940. The second-order valence-electron chi connectivity index (χ2n) is 12.1. The number of benzene rings is 3. The summed E-state index contributed by atoms with van der Waals surface area (Å²) >= 11 is 0. The SMILES string of the molecule is Cc1cc2ncc3cc(-c4ccccc4)c(-c4ccc(CN5CCC(OC(=O)Nc6ccc7c(c6)C(=O)OC7)CC5)cc4)nc3n2n1. The number of fused-ring (bicyclic) bond motifs is 4. The summed E-state index contributed by atoms with van der Waals surface area (Å²) in [5.41, 5.74) is 9.54. The van der Waals surface area contributed by atoms with E-state index in [9.17, 15) is 9.59 Å². The first kappa shape index (κ1) is 28.8. The van der Waals surface area contributed by atoms with E-state index in [0.717, 1.165) is 82.8 Å². The number of rotatable bonds is 6. The number of pyridine rings is 1. The fourth-order valence-electron chi connectivity index (χ4n) is 6.41. The van der Waals surface area contributed by atoms with Gasteiger partial charge in [-0.3, -0.25) is 10.2 Å². The summed E-state index contributed by atoms with van der Waals surface area (Å²) < 4.78 is 12.6. The number of esters is 1. The van der Waals surface area contributed by atoms with Gasteiger partial charge in [-0.1, -0.05) is 60.7 Å². The molecule has 1 fully saturated rings. The number of nitrogens with zero attached hydrogens (tertiary/aromatic N) is 5. The maximum Gasteiger partial charge on any atom is 0.411 e. The van der Waals surface area contributed by atoms with Gasteiger partial charge in [0.15, 0.2) is 11.3 Å². The highest BCUT2D eigenvalue weighted by Crippen LogP contribution is 2.34. The quantitative estimate of drug-likeness (QED) is 0.202. The average molecular weight is 625 g/mol. The van der Waals surface area contributed by atoms with Crippen LogP contribution in [-0.4, -0.2) is 55.7 Å². The predicted octanol–water partition coefficient (Wildman–Crippen LogP) is 6.80. The first-order valence-electron chi connectivity index (χ1n) is 15.8. The Bertz CT molecular complexity index is 2140. The van der Waals surface area contributed by atoms with Crippen molar-refractivity contribution in [3.63, 3.8) is 0 Å². The van der Waals surface area contributed by atoms with Gasteiger partial charge in [-0.2, -0.15) is 9.61 Å². The van der Waals surface area contributed by atoms with E-state index in [0.29, 0.717) is 11.3 Å². The lowest BCUT2D eigenvalue weighted by Crippen LogP contribution is -2.38. The van der Waals surface area contributed by atoms with E-state index in [1.807, 2.05) is 41.9 Å². The highest BCUT2D eigenvalue weighted by atomic mass is 16.6. The highest BCUT2D eigenvalue weighted by molar-refractivity contribution is 5.96. The number of aryl methyl sites for hydroxylation is 1. The van der Waals surface area contributed by atoms with Gasteiger partial charge >= 0.3 is 12.1 Å². The Kier molecular flexibility index (Phi) is 7.34. The van der Waals surface area contributed by atoms with Crippen molar-refractivity contribution in [2.45, 2.75) is 39.0 Å². The summed E-state index contributed by atoms with van der Waals surface area (Å²) in [6.07, 6.45) is 2.69. The summed E-state index contributed by atoms with van der Waals surface area (Å²) in [5, 5.41) is 8.33. The molecule has 5 heterocycles. The van der Waals surface area contributed by atoms with Gasteiger partial charge < -0.3 is 9.47 Å². The second-order valence-corrected chi connectivity index (χ2v) is 12.1. The van der Waals surface area contributed by atoms with Crippen molar-refractivity contribution in [3.05, 3.63) is 114 Å². The van der Waals surface area contributed by atoms with Crippen LogP contribution in [0.3, 0.4) is 0 Å². The van der Waals surface area contributed by atoms with E-state index in [-0.39, 0.29) is 18.7 Å². The standard InChI is InChI=1S/C37H32N6O4/c1-23-17-33-38-20-28-18-31(25-5-3-2-4-6-25)34(40-35(28)43(33)41-23)26-9-7-24(8-10-26)21-42-15-13-30(14-16-42)47-37(45)39-29-12-11-27-22-46-36(44)32(27)19-29/h2-12,17-20,30H,13-16,21-22H2,1H3,(H,39,45). The maximum absolute atomic E-state index is 12.6. The molecule has 3 aromatic carbocycles. The minimum Gasteiger partial charge on any atom is -0.457 e. The van der Waals surface area contributed by atoms with Crippen molar-refractivity contribution in [2.24, 2.45) is 0 Å². The lowest BCUT2D eigenvalue weighted by Gasteiger charge is -2.31. The van der Waals surface area contributed by atoms with Crippen LogP contribution in [0.1, 0.15) is 40.0 Å². The molecule has 6 aromatic rings. The summed E-state index contributed by atoms with van der Waals surface area (Å²) in [7, 11) is 0. The van der Waals surface area contributed by atoms with E-state index < -0.39 is 6.09 Å². The Morgan fingerprint density at radius 1 is 0.957 bits per heavy atom. The van der Waals surface area contributed by atoms with Crippen molar-refractivity contribution in [1.29, 1.82) is 0 Å². The molecule has 1 N–H and O–H groups in total. The van der Waals surface area contributed by atoms with Crippen LogP contribution in [-0.2, 0) is 22.6 Å². The van der Waals surface area contributed by atoms with E-state index in [4.69, 9.17) is 14.5 Å². The Labute approximate surface area is 271 Å². The van der Waals surface area contributed by atoms with Gasteiger partial charge in [0.05, 0.1) is 17.0 Å². The molecule has 0 bridgehead atoms. The normalized spacial score (nSPS) is 15.1. The lowest BCUT2D eigenvalue weighted by atomic mass is 9.97. The van der Waals surface area contributed by atoms with Crippen LogP contribution in [0.4, 0.5) is 10.5 Å². The van der Waals surface area contributed by atoms with Crippen molar-refractivity contribution in [2.75, 3.05) is 18.4 Å². The molecule has 8 rings (SSSR count). The Hall–Kier alpha value is -5.61. The van der Waals surface area contributed by atoms with Crippen molar-refractivity contribution < 1.29 is 19.1 Å². The Morgan fingerprint density at radius 2 is 1.77 bits per heavy atom. The smallest absolute Gasteiger partial charge is 0.411 e. The van der Waals surface area contributed by atoms with Gasteiger partial charge in [-0.25, -0.2) is 19.6 Å². The minimum atomic E-state index is -0.512. The Morgan fingerprint density at radius 3 is 2.57 bits per heavy atom. The molecule has 0 atom stereocenters. The summed E-state index contributed by atoms with van der Waals surface area (Å²) in [5.74, 6) is -0.370. The third-order valence-electron chi connectivity index (χ3n) is 8.84. The first-order valence-corrected chi connectivity index (χ1v) is 15.8. The molecule has 0 unspecified atom stereocenters. The predicted molar refractivity (Wildman–Crippen MR) is 178 cm³/mol. The van der Waals surface area contributed by atoms with Gasteiger partial charge in [0.1, 0.15) is 12.7 Å². The number of piperidine rings is 1. The average Bonchev–Trinajstić information content (AvgIpc) is 3.67. The van der Waals surface area contributed by atoms with Crippen LogP contribution in [0.15, 0.2) is 91.1 Å². The number of hydrogen-bond acceptors (Lipinski definition) is 8. The van der Waals surface area contributed by atoms with E-state index in [1.165, 1.54) is 5.56 Å². The molecular formula is C37H32N6O4. The van der Waals surface area contributed by atoms with Crippen molar-refractivity contribution in [1.82, 2.24) is 24.5 Å². The molecule has 0 radical (unpaired) electrons. The molecule has 1 saturated heterocycles. The summed E-state index contributed by atoms with van der Waals surface area (Å²) in [6.45, 7) is 4.68. The largest absolute Gasteiger partial charge is 0.457 e. The van der Waals surface area contributed by atoms with Crippen LogP contribution in [0.25, 0.3) is 39.1 Å². The molecule has 10 nitrogen and oxygen atoms in total. The molecule has 2 aliphatic rings. The molecule has 234 valence electrons. The van der Waals surface area contributed by atoms with Crippen LogP contribution in [0, 0.1) is 6.92 Å². The molecule has 0 aliphatic carbocycles. The fourth-order valence-corrected chi connectivity index (χ4v) is 6.41. The maximum atomic E-state index is 12.6. The first-order chi connectivity index (χ1) is 23.0. The zero-order valence-electron chi connectivity index (χ0n) is 25.8. The number of cyclic esters (lactones) is 1. The number of nitrogens with one attached hydrogen (secondary N) is 1. The van der Waals surface area contributed by atoms with E-state index in [1.54, 1.807) is 18.2 Å². The zero-order valence-corrected chi connectivity index (χ0v) is 25.8. The molecule has 1 amide bonds. The van der Waals surface area contributed by atoms with E-state index >= 15 is 0 Å². The topological polar surface area (TPSA) is 111 Å². The fraction of sp³-hybridized carbons (Fsp3) is 0.216. The molecule has 0 saturated carbocycles. The van der Waals surface area contributed by atoms with Gasteiger partial charge in [0.2, 0.25) is 0 Å². The summed E-state index contributed by atoms with van der Waals surface area (Å²) in [4.78, 5) is 36.5.